The van der Waals surface area contributed by atoms with Crippen molar-refractivity contribution in [1.29, 1.82) is 0 Å². The van der Waals surface area contributed by atoms with Crippen LogP contribution in [0.4, 0.5) is 4.39 Å². The molecule has 1 aromatic heterocycles. The van der Waals surface area contributed by atoms with E-state index in [9.17, 15) is 9.18 Å². The van der Waals surface area contributed by atoms with Crippen molar-refractivity contribution in [3.63, 3.8) is 0 Å². The zero-order chi connectivity index (χ0) is 17.1. The summed E-state index contributed by atoms with van der Waals surface area (Å²) < 4.78 is 15.4. The molecule has 5 nitrogen and oxygen atoms in total. The van der Waals surface area contributed by atoms with Gasteiger partial charge in [-0.15, -0.1) is 0 Å². The zero-order valence-electron chi connectivity index (χ0n) is 12.8. The Morgan fingerprint density at radius 2 is 2.00 bits per heavy atom. The van der Waals surface area contributed by atoms with Gasteiger partial charge in [-0.05, 0) is 36.8 Å². The lowest BCUT2D eigenvalue weighted by atomic mass is 10.1. The number of nitrogens with one attached hydrogen (secondary N) is 1. The molecule has 0 aliphatic carbocycles. The van der Waals surface area contributed by atoms with E-state index in [-0.39, 0.29) is 16.6 Å². The second kappa shape index (κ2) is 6.80. The van der Waals surface area contributed by atoms with E-state index >= 15 is 0 Å². The van der Waals surface area contributed by atoms with Crippen LogP contribution in [0.3, 0.4) is 0 Å². The third kappa shape index (κ3) is 3.28. The summed E-state index contributed by atoms with van der Waals surface area (Å²) in [5.41, 5.74) is 1.58. The third-order valence-electron chi connectivity index (χ3n) is 3.61. The largest absolute Gasteiger partial charge is 0.345 e. The minimum absolute atomic E-state index is 0.0845. The number of benzene rings is 2. The first-order chi connectivity index (χ1) is 11.6. The molecule has 0 fully saturated rings. The van der Waals surface area contributed by atoms with E-state index in [1.807, 2.05) is 31.2 Å². The van der Waals surface area contributed by atoms with Gasteiger partial charge >= 0.3 is 0 Å². The second-order valence-electron chi connectivity index (χ2n) is 5.22. The van der Waals surface area contributed by atoms with Crippen LogP contribution in [-0.2, 0) is 0 Å². The molecule has 0 aliphatic heterocycles. The van der Waals surface area contributed by atoms with Gasteiger partial charge in [0.15, 0.2) is 0 Å². The number of carbonyl (C=O) groups excluding carboxylic acids is 1. The predicted octanol–water partition coefficient (Wildman–Crippen LogP) is 3.55. The van der Waals surface area contributed by atoms with Crippen LogP contribution < -0.4 is 5.32 Å². The smallest absolute Gasteiger partial charge is 0.256 e. The molecule has 1 unspecified atom stereocenters. The predicted molar refractivity (Wildman–Crippen MR) is 88.7 cm³/mol. The maximum Gasteiger partial charge on any atom is 0.256 e. The maximum absolute atomic E-state index is 13.8. The maximum atomic E-state index is 13.8. The van der Waals surface area contributed by atoms with Gasteiger partial charge in [-0.2, -0.15) is 5.10 Å². The summed E-state index contributed by atoms with van der Waals surface area (Å²) in [7, 11) is 0. The van der Waals surface area contributed by atoms with Crippen molar-refractivity contribution >= 4 is 17.5 Å². The van der Waals surface area contributed by atoms with E-state index in [1.54, 1.807) is 11.0 Å². The van der Waals surface area contributed by atoms with Crippen LogP contribution in [0.5, 0.6) is 0 Å². The molecule has 0 aliphatic rings. The van der Waals surface area contributed by atoms with Gasteiger partial charge in [0.2, 0.25) is 0 Å². The average molecular weight is 345 g/mol. The van der Waals surface area contributed by atoms with Crippen LogP contribution in [0.1, 0.15) is 28.9 Å². The fourth-order valence-corrected chi connectivity index (χ4v) is 2.57. The minimum atomic E-state index is -0.645. The van der Waals surface area contributed by atoms with Crippen molar-refractivity contribution in [2.24, 2.45) is 0 Å². The first kappa shape index (κ1) is 16.1. The van der Waals surface area contributed by atoms with Gasteiger partial charge in [0.05, 0.1) is 22.3 Å². The van der Waals surface area contributed by atoms with Crippen molar-refractivity contribution in [2.75, 3.05) is 0 Å². The molecule has 0 bridgehead atoms. The molecule has 3 rings (SSSR count). The number of aromatic nitrogens is 3. The summed E-state index contributed by atoms with van der Waals surface area (Å²) in [5, 5.41) is 6.88. The number of hydrogen-bond acceptors (Lipinski definition) is 3. The highest BCUT2D eigenvalue weighted by Crippen LogP contribution is 2.21. The first-order valence-electron chi connectivity index (χ1n) is 7.26. The molecule has 1 heterocycles. The van der Waals surface area contributed by atoms with Crippen LogP contribution in [0.15, 0.2) is 55.1 Å². The lowest BCUT2D eigenvalue weighted by Gasteiger charge is -2.15. The molecule has 1 atom stereocenters. The highest BCUT2D eigenvalue weighted by Gasteiger charge is 2.18. The first-order valence-corrected chi connectivity index (χ1v) is 7.64. The molecule has 0 radical (unpaired) electrons. The van der Waals surface area contributed by atoms with Gasteiger partial charge in [-0.25, -0.2) is 14.1 Å². The van der Waals surface area contributed by atoms with Crippen LogP contribution in [0.25, 0.3) is 5.69 Å². The Labute approximate surface area is 143 Å². The molecule has 2 aromatic carbocycles. The van der Waals surface area contributed by atoms with Crippen molar-refractivity contribution in [3.05, 3.63) is 77.1 Å². The highest BCUT2D eigenvalue weighted by molar-refractivity contribution is 6.33. The summed E-state index contributed by atoms with van der Waals surface area (Å²) in [6.45, 7) is 1.82. The number of hydrogen-bond donors (Lipinski definition) is 1. The molecule has 0 saturated heterocycles. The summed E-state index contributed by atoms with van der Waals surface area (Å²) in [5.74, 6) is -1.19. The van der Waals surface area contributed by atoms with Crippen LogP contribution in [0.2, 0.25) is 5.02 Å². The van der Waals surface area contributed by atoms with E-state index in [0.717, 1.165) is 11.3 Å². The topological polar surface area (TPSA) is 59.8 Å². The van der Waals surface area contributed by atoms with Gasteiger partial charge in [0, 0.05) is 0 Å². The van der Waals surface area contributed by atoms with Crippen molar-refractivity contribution in [3.8, 4) is 5.69 Å². The lowest BCUT2D eigenvalue weighted by Crippen LogP contribution is -2.27. The van der Waals surface area contributed by atoms with E-state index in [1.165, 1.54) is 24.5 Å². The number of nitrogens with zero attached hydrogens (tertiary/aromatic N) is 3. The Morgan fingerprint density at radius 1 is 1.25 bits per heavy atom. The number of amides is 1. The van der Waals surface area contributed by atoms with Gasteiger partial charge in [-0.1, -0.05) is 29.8 Å². The quantitative estimate of drug-likeness (QED) is 0.787. The monoisotopic (exact) mass is 344 g/mol. The van der Waals surface area contributed by atoms with Crippen LogP contribution >= 0.6 is 11.6 Å². The minimum Gasteiger partial charge on any atom is -0.345 e. The fraction of sp³-hybridized carbons (Fsp3) is 0.118. The highest BCUT2D eigenvalue weighted by atomic mass is 35.5. The molecular weight excluding hydrogens is 331 g/mol. The zero-order valence-corrected chi connectivity index (χ0v) is 13.5. The fourth-order valence-electron chi connectivity index (χ4n) is 2.32. The molecular formula is C17H14ClFN4O. The molecule has 24 heavy (non-hydrogen) atoms. The number of rotatable bonds is 4. The van der Waals surface area contributed by atoms with E-state index < -0.39 is 11.7 Å². The average Bonchev–Trinajstić information content (AvgIpc) is 3.09. The molecule has 1 N–H and O–H groups in total. The van der Waals surface area contributed by atoms with Gasteiger partial charge in [-0.3, -0.25) is 4.79 Å². The van der Waals surface area contributed by atoms with Crippen LogP contribution in [0, 0.1) is 5.82 Å². The molecule has 122 valence electrons. The summed E-state index contributed by atoms with van der Waals surface area (Å²) in [6, 6.07) is 11.3. The summed E-state index contributed by atoms with van der Waals surface area (Å²) in [6.07, 6.45) is 3.05. The number of halogens is 2. The Bertz CT molecular complexity index is 829. The van der Waals surface area contributed by atoms with Crippen molar-refractivity contribution < 1.29 is 9.18 Å². The standard InChI is InChI=1S/C17H14ClFN4O/c1-11(22-17(24)16-14(18)3-2-4-15(16)19)12-5-7-13(8-6-12)23-10-20-9-21-23/h2-11H,1H3,(H,22,24). The van der Waals surface area contributed by atoms with E-state index in [0.29, 0.717) is 0 Å². The molecule has 1 amide bonds. The van der Waals surface area contributed by atoms with Gasteiger partial charge in [0.1, 0.15) is 18.5 Å². The Balaban J connectivity index is 1.75. The van der Waals surface area contributed by atoms with E-state index in [4.69, 9.17) is 11.6 Å². The van der Waals surface area contributed by atoms with Gasteiger partial charge < -0.3 is 5.32 Å². The number of carbonyl (C=O) groups is 1. The SMILES string of the molecule is CC(NC(=O)c1c(F)cccc1Cl)c1ccc(-n2cncn2)cc1. The second-order valence-corrected chi connectivity index (χ2v) is 5.63. The summed E-state index contributed by atoms with van der Waals surface area (Å²) in [4.78, 5) is 16.2. The molecule has 0 saturated carbocycles. The van der Waals surface area contributed by atoms with Gasteiger partial charge in [0.25, 0.3) is 5.91 Å². The molecule has 7 heteroatoms. The Kier molecular flexibility index (Phi) is 4.57. The molecule has 0 spiro atoms. The molecule has 3 aromatic rings. The van der Waals surface area contributed by atoms with Crippen molar-refractivity contribution in [2.45, 2.75) is 13.0 Å². The Morgan fingerprint density at radius 3 is 2.62 bits per heavy atom. The Hall–Kier alpha value is -2.73. The summed E-state index contributed by atoms with van der Waals surface area (Å²) >= 11 is 5.92. The third-order valence-corrected chi connectivity index (χ3v) is 3.93. The normalized spacial score (nSPS) is 12.0. The van der Waals surface area contributed by atoms with E-state index in [2.05, 4.69) is 15.4 Å². The van der Waals surface area contributed by atoms with Crippen LogP contribution in [-0.4, -0.2) is 20.7 Å². The van der Waals surface area contributed by atoms with Crippen molar-refractivity contribution in [1.82, 2.24) is 20.1 Å². The lowest BCUT2D eigenvalue weighted by molar-refractivity contribution is 0.0936.